The van der Waals surface area contributed by atoms with Crippen LogP contribution >= 0.6 is 23.3 Å². The van der Waals surface area contributed by atoms with E-state index in [1.54, 1.807) is 18.7 Å². The molecule has 2 rings (SSSR count). The molecule has 7 heteroatoms. The average Bonchev–Trinajstić information content (AvgIpc) is 2.78. The fraction of sp³-hybridized carbons (Fsp3) is 0.667. The minimum atomic E-state index is 0.0577. The minimum absolute atomic E-state index is 0.0577. The van der Waals surface area contributed by atoms with Crippen LogP contribution < -0.4 is 16.0 Å². The molecule has 0 radical (unpaired) electrons. The molecule has 3 N–H and O–H groups in total. The smallest absolute Gasteiger partial charge is 0.216 e. The lowest BCUT2D eigenvalue weighted by molar-refractivity contribution is -0.119. The number of nitrogens with zero attached hydrogens (tertiary/aromatic N) is 2. The van der Waals surface area contributed by atoms with Crippen molar-refractivity contribution in [1.29, 1.82) is 0 Å². The molecule has 2 heterocycles. The first-order valence-electron chi connectivity index (χ1n) is 6.40. The number of amides is 1. The van der Waals surface area contributed by atoms with Gasteiger partial charge in [0.2, 0.25) is 5.91 Å². The van der Waals surface area contributed by atoms with E-state index in [0.717, 1.165) is 37.4 Å². The molecule has 106 valence electrons. The number of carbonyl (C=O) groups excluding carboxylic acids is 1. The molecule has 0 bridgehead atoms. The van der Waals surface area contributed by atoms with Gasteiger partial charge >= 0.3 is 0 Å². The first kappa shape index (κ1) is 14.5. The largest absolute Gasteiger partial charge is 0.382 e. The van der Waals surface area contributed by atoms with Crippen molar-refractivity contribution >= 4 is 40.0 Å². The molecule has 19 heavy (non-hydrogen) atoms. The van der Waals surface area contributed by atoms with Gasteiger partial charge in [-0.1, -0.05) is 0 Å². The van der Waals surface area contributed by atoms with Gasteiger partial charge in [-0.25, -0.2) is 0 Å². The van der Waals surface area contributed by atoms with E-state index in [2.05, 4.69) is 14.6 Å². The number of piperidine rings is 1. The van der Waals surface area contributed by atoms with Gasteiger partial charge in [0.05, 0.1) is 4.90 Å². The van der Waals surface area contributed by atoms with Crippen LogP contribution in [0.2, 0.25) is 0 Å². The van der Waals surface area contributed by atoms with Gasteiger partial charge in [0, 0.05) is 26.6 Å². The van der Waals surface area contributed by atoms with Crippen molar-refractivity contribution in [2.45, 2.75) is 24.7 Å². The molecule has 0 saturated carbocycles. The molecular formula is C12H20N4OS2. The van der Waals surface area contributed by atoms with Crippen LogP contribution in [0.3, 0.4) is 0 Å². The van der Waals surface area contributed by atoms with Crippen LogP contribution in [0.5, 0.6) is 0 Å². The second-order valence-corrected chi connectivity index (χ2v) is 6.34. The Labute approximate surface area is 122 Å². The third-order valence-corrected chi connectivity index (χ3v) is 5.27. The van der Waals surface area contributed by atoms with Gasteiger partial charge < -0.3 is 16.0 Å². The summed E-state index contributed by atoms with van der Waals surface area (Å²) in [6.07, 6.45) is 4.24. The number of hydrogen-bond acceptors (Lipinski definition) is 6. The summed E-state index contributed by atoms with van der Waals surface area (Å²) in [5, 5.41) is 4.10. The quantitative estimate of drug-likeness (QED) is 0.830. The zero-order chi connectivity index (χ0) is 13.8. The Hall–Kier alpha value is -0.950. The predicted molar refractivity (Wildman–Crippen MR) is 81.9 cm³/mol. The molecule has 1 aromatic rings. The zero-order valence-electron chi connectivity index (χ0n) is 11.3. The maximum atomic E-state index is 10.9. The zero-order valence-corrected chi connectivity index (χ0v) is 12.9. The maximum absolute atomic E-state index is 10.9. The summed E-state index contributed by atoms with van der Waals surface area (Å²) in [6, 6.07) is 0. The fourth-order valence-corrected chi connectivity index (χ4v) is 4.05. The fourth-order valence-electron chi connectivity index (χ4n) is 2.31. The summed E-state index contributed by atoms with van der Waals surface area (Å²) in [5.41, 5.74) is 5.87. The summed E-state index contributed by atoms with van der Waals surface area (Å²) in [7, 11) is 0. The maximum Gasteiger partial charge on any atom is 0.216 e. The number of thioether (sulfide) groups is 1. The van der Waals surface area contributed by atoms with E-state index in [1.807, 2.05) is 6.26 Å². The number of nitrogens with two attached hydrogens (primary N) is 1. The third kappa shape index (κ3) is 3.54. The molecule has 1 aromatic heterocycles. The molecule has 0 spiro atoms. The van der Waals surface area contributed by atoms with Gasteiger partial charge in [0.25, 0.3) is 0 Å². The first-order valence-corrected chi connectivity index (χ1v) is 8.40. The van der Waals surface area contributed by atoms with E-state index in [0.29, 0.717) is 11.7 Å². The lowest BCUT2D eigenvalue weighted by Gasteiger charge is -2.32. The Kier molecular flexibility index (Phi) is 4.93. The predicted octanol–water partition coefficient (Wildman–Crippen LogP) is 1.80. The summed E-state index contributed by atoms with van der Waals surface area (Å²) in [6.45, 7) is 4.39. The number of carbonyl (C=O) groups is 1. The van der Waals surface area contributed by atoms with Gasteiger partial charge in [-0.3, -0.25) is 4.79 Å². The Morgan fingerprint density at radius 3 is 2.84 bits per heavy atom. The Balaban J connectivity index is 1.90. The average molecular weight is 300 g/mol. The molecular weight excluding hydrogens is 280 g/mol. The SMILES string of the molecule is CSc1c(N)nsc1N1CCC(CNC(C)=O)CC1. The van der Waals surface area contributed by atoms with E-state index in [1.165, 1.54) is 16.5 Å². The molecule has 0 aromatic carbocycles. The van der Waals surface area contributed by atoms with Gasteiger partial charge in [0.15, 0.2) is 5.82 Å². The molecule has 0 aliphatic carbocycles. The van der Waals surface area contributed by atoms with Crippen LogP contribution in [-0.2, 0) is 4.79 Å². The highest BCUT2D eigenvalue weighted by Gasteiger charge is 2.23. The van der Waals surface area contributed by atoms with Gasteiger partial charge in [-0.05, 0) is 36.5 Å². The molecule has 1 saturated heterocycles. The highest BCUT2D eigenvalue weighted by atomic mass is 32.2. The van der Waals surface area contributed by atoms with Crippen molar-refractivity contribution in [2.75, 3.05) is 36.5 Å². The minimum Gasteiger partial charge on any atom is -0.382 e. The van der Waals surface area contributed by atoms with E-state index in [9.17, 15) is 4.79 Å². The van der Waals surface area contributed by atoms with Crippen LogP contribution in [0.15, 0.2) is 4.90 Å². The third-order valence-electron chi connectivity index (χ3n) is 3.40. The monoisotopic (exact) mass is 300 g/mol. The molecule has 5 nitrogen and oxygen atoms in total. The lowest BCUT2D eigenvalue weighted by Crippen LogP contribution is -2.38. The van der Waals surface area contributed by atoms with Crippen molar-refractivity contribution in [3.05, 3.63) is 0 Å². The van der Waals surface area contributed by atoms with Crippen LogP contribution in [0.4, 0.5) is 10.8 Å². The van der Waals surface area contributed by atoms with Gasteiger partial charge in [-0.15, -0.1) is 11.8 Å². The lowest BCUT2D eigenvalue weighted by atomic mass is 9.97. The highest BCUT2D eigenvalue weighted by Crippen LogP contribution is 2.38. The summed E-state index contributed by atoms with van der Waals surface area (Å²) < 4.78 is 4.24. The summed E-state index contributed by atoms with van der Waals surface area (Å²) in [5.74, 6) is 1.29. The van der Waals surface area contributed by atoms with Gasteiger partial charge in [-0.2, -0.15) is 4.37 Å². The first-order chi connectivity index (χ1) is 9.11. The summed E-state index contributed by atoms with van der Waals surface area (Å²) >= 11 is 3.15. The van der Waals surface area contributed by atoms with Crippen LogP contribution in [0, 0.1) is 5.92 Å². The van der Waals surface area contributed by atoms with Crippen LogP contribution in [-0.4, -0.2) is 36.2 Å². The van der Waals surface area contributed by atoms with E-state index in [-0.39, 0.29) is 5.91 Å². The number of anilines is 2. The van der Waals surface area contributed by atoms with Crippen molar-refractivity contribution in [2.24, 2.45) is 5.92 Å². The van der Waals surface area contributed by atoms with Crippen molar-refractivity contribution < 1.29 is 4.79 Å². The summed E-state index contributed by atoms with van der Waals surface area (Å²) in [4.78, 5) is 14.4. The number of aromatic nitrogens is 1. The van der Waals surface area contributed by atoms with E-state index >= 15 is 0 Å². The molecule has 1 amide bonds. The van der Waals surface area contributed by atoms with Crippen molar-refractivity contribution in [3.63, 3.8) is 0 Å². The topological polar surface area (TPSA) is 71.2 Å². The Bertz CT molecular complexity index is 441. The van der Waals surface area contributed by atoms with Gasteiger partial charge in [0.1, 0.15) is 5.00 Å². The molecule has 0 unspecified atom stereocenters. The number of rotatable bonds is 4. The standard InChI is InChI=1S/C12H20N4OS2/c1-8(17)14-7-9-3-5-16(6-4-9)12-10(18-2)11(13)15-19-12/h9H,3-7H2,1-2H3,(H2,13,15)(H,14,17). The number of nitrogen functional groups attached to an aromatic ring is 1. The molecule has 0 atom stereocenters. The highest BCUT2D eigenvalue weighted by molar-refractivity contribution is 7.99. The van der Waals surface area contributed by atoms with Crippen LogP contribution in [0.25, 0.3) is 0 Å². The van der Waals surface area contributed by atoms with Crippen LogP contribution in [0.1, 0.15) is 19.8 Å². The number of nitrogens with one attached hydrogen (secondary N) is 1. The Morgan fingerprint density at radius 1 is 1.58 bits per heavy atom. The van der Waals surface area contributed by atoms with E-state index in [4.69, 9.17) is 5.73 Å². The molecule has 1 fully saturated rings. The van der Waals surface area contributed by atoms with E-state index < -0.39 is 0 Å². The van der Waals surface area contributed by atoms with Crippen molar-refractivity contribution in [1.82, 2.24) is 9.69 Å². The normalized spacial score (nSPS) is 16.6. The molecule has 1 aliphatic rings. The van der Waals surface area contributed by atoms with Crippen molar-refractivity contribution in [3.8, 4) is 0 Å². The Morgan fingerprint density at radius 2 is 2.26 bits per heavy atom. The molecule has 1 aliphatic heterocycles. The second-order valence-electron chi connectivity index (χ2n) is 4.77. The number of hydrogen-bond donors (Lipinski definition) is 2. The second kappa shape index (κ2) is 6.47.